The van der Waals surface area contributed by atoms with Crippen LogP contribution in [0.5, 0.6) is 0 Å². The Labute approximate surface area is 176 Å². The Bertz CT molecular complexity index is 884. The number of hydrogen-bond donors (Lipinski definition) is 1. The highest BCUT2D eigenvalue weighted by Crippen LogP contribution is 2.25. The molecular weight excluding hydrogens is 378 g/mol. The van der Waals surface area contributed by atoms with Crippen LogP contribution in [0.4, 0.5) is 0 Å². The van der Waals surface area contributed by atoms with Crippen molar-refractivity contribution in [1.29, 1.82) is 0 Å². The fourth-order valence-corrected chi connectivity index (χ4v) is 3.70. The molecule has 2 aromatic carbocycles. The van der Waals surface area contributed by atoms with E-state index in [4.69, 9.17) is 4.74 Å². The first-order chi connectivity index (χ1) is 14.8. The Morgan fingerprint density at radius 3 is 2.27 bits per heavy atom. The Kier molecular flexibility index (Phi) is 6.84. The number of carbonyl (C=O) groups is 1. The molecule has 0 saturated carbocycles. The molecule has 1 saturated heterocycles. The Morgan fingerprint density at radius 1 is 1.00 bits per heavy atom. The van der Waals surface area contributed by atoms with Crippen LogP contribution in [0.15, 0.2) is 66.9 Å². The highest BCUT2D eigenvalue weighted by molar-refractivity contribution is 5.91. The van der Waals surface area contributed by atoms with E-state index < -0.39 is 0 Å². The largest absolute Gasteiger partial charge is 0.379 e. The molecule has 7 heteroatoms. The van der Waals surface area contributed by atoms with E-state index in [1.54, 1.807) is 10.9 Å². The standard InChI is InChI=1S/C23H27N5O2/c29-23(24-12-7-13-27-14-16-30-17-15-27)21-18-28(26-25-21)22(19-8-3-1-4-9-19)20-10-5-2-6-11-20/h1-6,8-11,18,22H,7,12-17H2,(H,24,29). The van der Waals surface area contributed by atoms with Crippen molar-refractivity contribution in [3.05, 3.63) is 83.7 Å². The van der Waals surface area contributed by atoms with Gasteiger partial charge in [-0.05, 0) is 24.1 Å². The molecule has 0 bridgehead atoms. The van der Waals surface area contributed by atoms with Gasteiger partial charge >= 0.3 is 0 Å². The molecule has 2 heterocycles. The molecule has 7 nitrogen and oxygen atoms in total. The maximum atomic E-state index is 12.5. The third-order valence-corrected chi connectivity index (χ3v) is 5.28. The van der Waals surface area contributed by atoms with Crippen LogP contribution in [0.25, 0.3) is 0 Å². The maximum Gasteiger partial charge on any atom is 0.273 e. The summed E-state index contributed by atoms with van der Waals surface area (Å²) in [5, 5.41) is 11.4. The molecule has 0 atom stereocenters. The monoisotopic (exact) mass is 405 g/mol. The molecule has 3 aromatic rings. The molecule has 4 rings (SSSR count). The van der Waals surface area contributed by atoms with Gasteiger partial charge in [0.1, 0.15) is 6.04 Å². The first-order valence-corrected chi connectivity index (χ1v) is 10.4. The molecule has 1 aromatic heterocycles. The van der Waals surface area contributed by atoms with E-state index >= 15 is 0 Å². The predicted molar refractivity (Wildman–Crippen MR) is 114 cm³/mol. The fraction of sp³-hybridized carbons (Fsp3) is 0.348. The zero-order valence-corrected chi connectivity index (χ0v) is 17.0. The van der Waals surface area contributed by atoms with Crippen LogP contribution in [-0.4, -0.2) is 65.2 Å². The van der Waals surface area contributed by atoms with Crippen LogP contribution in [0, 0.1) is 0 Å². The van der Waals surface area contributed by atoms with Gasteiger partial charge in [-0.25, -0.2) is 4.68 Å². The van der Waals surface area contributed by atoms with Crippen LogP contribution < -0.4 is 5.32 Å². The average molecular weight is 406 g/mol. The van der Waals surface area contributed by atoms with Crippen molar-refractivity contribution < 1.29 is 9.53 Å². The predicted octanol–water partition coefficient (Wildman–Crippen LogP) is 2.37. The van der Waals surface area contributed by atoms with Crippen molar-refractivity contribution in [3.63, 3.8) is 0 Å². The topological polar surface area (TPSA) is 72.3 Å². The zero-order chi connectivity index (χ0) is 20.6. The highest BCUT2D eigenvalue weighted by atomic mass is 16.5. The van der Waals surface area contributed by atoms with Crippen molar-refractivity contribution in [2.45, 2.75) is 12.5 Å². The van der Waals surface area contributed by atoms with Crippen molar-refractivity contribution in [1.82, 2.24) is 25.2 Å². The SMILES string of the molecule is O=C(NCCCN1CCOCC1)c1cn(C(c2ccccc2)c2ccccc2)nn1. The summed E-state index contributed by atoms with van der Waals surface area (Å²) in [7, 11) is 0. The van der Waals surface area contributed by atoms with Crippen molar-refractivity contribution in [2.75, 3.05) is 39.4 Å². The number of hydrogen-bond acceptors (Lipinski definition) is 5. The third-order valence-electron chi connectivity index (χ3n) is 5.28. The summed E-state index contributed by atoms with van der Waals surface area (Å²) in [4.78, 5) is 14.9. The van der Waals surface area contributed by atoms with E-state index in [0.717, 1.165) is 50.4 Å². The normalized spacial score (nSPS) is 14.7. The average Bonchev–Trinajstić information content (AvgIpc) is 3.29. The fourth-order valence-electron chi connectivity index (χ4n) is 3.70. The van der Waals surface area contributed by atoms with Crippen LogP contribution in [0.1, 0.15) is 34.1 Å². The number of aromatic nitrogens is 3. The first-order valence-electron chi connectivity index (χ1n) is 10.4. The van der Waals surface area contributed by atoms with E-state index in [9.17, 15) is 4.79 Å². The molecule has 1 aliphatic heterocycles. The molecule has 1 amide bonds. The van der Waals surface area contributed by atoms with Gasteiger partial charge in [-0.15, -0.1) is 5.10 Å². The second kappa shape index (κ2) is 10.1. The third kappa shape index (κ3) is 5.11. The number of benzene rings is 2. The second-order valence-electron chi connectivity index (χ2n) is 7.37. The van der Waals surface area contributed by atoms with Gasteiger partial charge in [-0.1, -0.05) is 65.9 Å². The quantitative estimate of drug-likeness (QED) is 0.583. The van der Waals surface area contributed by atoms with E-state index in [1.165, 1.54) is 0 Å². The molecule has 0 unspecified atom stereocenters. The summed E-state index contributed by atoms with van der Waals surface area (Å²) in [5.74, 6) is -0.192. The zero-order valence-electron chi connectivity index (χ0n) is 17.0. The first kappa shape index (κ1) is 20.3. The van der Waals surface area contributed by atoms with Gasteiger partial charge in [0.25, 0.3) is 5.91 Å². The summed E-state index contributed by atoms with van der Waals surface area (Å²) in [6.45, 7) is 5.08. The number of nitrogens with one attached hydrogen (secondary N) is 1. The minimum absolute atomic E-state index is 0.136. The van der Waals surface area contributed by atoms with Crippen LogP contribution in [-0.2, 0) is 4.74 Å². The number of amides is 1. The molecule has 156 valence electrons. The lowest BCUT2D eigenvalue weighted by Gasteiger charge is -2.26. The Hall–Kier alpha value is -3.03. The lowest BCUT2D eigenvalue weighted by molar-refractivity contribution is 0.0374. The van der Waals surface area contributed by atoms with E-state index in [2.05, 4.69) is 44.8 Å². The summed E-state index contributed by atoms with van der Waals surface area (Å²) in [6, 6.07) is 20.1. The summed E-state index contributed by atoms with van der Waals surface area (Å²) < 4.78 is 7.12. The van der Waals surface area contributed by atoms with Gasteiger partial charge in [0.2, 0.25) is 0 Å². The van der Waals surface area contributed by atoms with Crippen LogP contribution in [0.2, 0.25) is 0 Å². The second-order valence-corrected chi connectivity index (χ2v) is 7.37. The van der Waals surface area contributed by atoms with Gasteiger partial charge in [-0.3, -0.25) is 9.69 Å². The lowest BCUT2D eigenvalue weighted by atomic mass is 9.99. The molecule has 0 spiro atoms. The smallest absolute Gasteiger partial charge is 0.273 e. The van der Waals surface area contributed by atoms with Gasteiger partial charge in [0, 0.05) is 19.6 Å². The number of carbonyl (C=O) groups excluding carboxylic acids is 1. The number of nitrogens with zero attached hydrogens (tertiary/aromatic N) is 4. The van der Waals surface area contributed by atoms with Crippen molar-refractivity contribution in [3.8, 4) is 0 Å². The highest BCUT2D eigenvalue weighted by Gasteiger charge is 2.20. The molecule has 30 heavy (non-hydrogen) atoms. The molecule has 1 aliphatic rings. The summed E-state index contributed by atoms with van der Waals surface area (Å²) >= 11 is 0. The number of rotatable bonds is 8. The van der Waals surface area contributed by atoms with Crippen LogP contribution >= 0.6 is 0 Å². The van der Waals surface area contributed by atoms with Gasteiger partial charge in [-0.2, -0.15) is 0 Å². The van der Waals surface area contributed by atoms with Crippen molar-refractivity contribution >= 4 is 5.91 Å². The van der Waals surface area contributed by atoms with Gasteiger partial charge < -0.3 is 10.1 Å². The van der Waals surface area contributed by atoms with Crippen molar-refractivity contribution in [2.24, 2.45) is 0 Å². The summed E-state index contributed by atoms with van der Waals surface area (Å²) in [6.07, 6.45) is 2.62. The number of morpholine rings is 1. The van der Waals surface area contributed by atoms with Crippen LogP contribution in [0.3, 0.4) is 0 Å². The molecule has 1 fully saturated rings. The molecule has 0 aliphatic carbocycles. The molecular formula is C23H27N5O2. The number of ether oxygens (including phenoxy) is 1. The molecule has 0 radical (unpaired) electrons. The minimum atomic E-state index is -0.192. The maximum absolute atomic E-state index is 12.5. The minimum Gasteiger partial charge on any atom is -0.379 e. The van der Waals surface area contributed by atoms with E-state index in [0.29, 0.717) is 12.2 Å². The lowest BCUT2D eigenvalue weighted by Crippen LogP contribution is -2.38. The summed E-state index contributed by atoms with van der Waals surface area (Å²) in [5.41, 5.74) is 2.51. The Morgan fingerprint density at radius 2 is 1.63 bits per heavy atom. The van der Waals surface area contributed by atoms with E-state index in [1.807, 2.05) is 36.4 Å². The Balaban J connectivity index is 1.40. The van der Waals surface area contributed by atoms with Gasteiger partial charge in [0.05, 0.1) is 19.4 Å². The van der Waals surface area contributed by atoms with E-state index in [-0.39, 0.29) is 11.9 Å². The van der Waals surface area contributed by atoms with Gasteiger partial charge in [0.15, 0.2) is 5.69 Å². The molecule has 1 N–H and O–H groups in total.